The van der Waals surface area contributed by atoms with E-state index >= 15 is 0 Å². The van der Waals surface area contributed by atoms with Crippen LogP contribution >= 0.6 is 0 Å². The number of amides is 1. The Morgan fingerprint density at radius 2 is 1.87 bits per heavy atom. The van der Waals surface area contributed by atoms with Crippen molar-refractivity contribution >= 4 is 35.3 Å². The maximum Gasteiger partial charge on any atom is 0.235 e. The average Bonchev–Trinajstić information content (AvgIpc) is 2.70. The minimum absolute atomic E-state index is 0.0195. The van der Waals surface area contributed by atoms with Crippen molar-refractivity contribution in [1.82, 2.24) is 0 Å². The average molecular weight is 427 g/mol. The Balaban J connectivity index is 1.83. The summed E-state index contributed by atoms with van der Waals surface area (Å²) >= 11 is 0. The van der Waals surface area contributed by atoms with E-state index in [1.807, 2.05) is 0 Å². The molecule has 4 N–H and O–H groups in total. The van der Waals surface area contributed by atoms with Gasteiger partial charge in [-0.15, -0.1) is 0 Å². The molecule has 1 amide bonds. The minimum atomic E-state index is -2.66. The largest absolute Gasteiger partial charge is 0.507 e. The maximum absolute atomic E-state index is 13.3. The Morgan fingerprint density at radius 3 is 2.48 bits per heavy atom. The molecule has 0 spiro atoms. The van der Waals surface area contributed by atoms with Gasteiger partial charge in [-0.1, -0.05) is 13.0 Å². The molecule has 3 aliphatic carbocycles. The first-order chi connectivity index (χ1) is 14.5. The van der Waals surface area contributed by atoms with Gasteiger partial charge in [-0.25, -0.2) is 0 Å². The molecule has 6 atom stereocenters. The van der Waals surface area contributed by atoms with Crippen LogP contribution in [0.25, 0.3) is 0 Å². The van der Waals surface area contributed by atoms with Crippen molar-refractivity contribution in [2.75, 3.05) is 0 Å². The highest BCUT2D eigenvalue weighted by molar-refractivity contribution is 6.31. The summed E-state index contributed by atoms with van der Waals surface area (Å²) in [4.78, 5) is 74.7. The van der Waals surface area contributed by atoms with Crippen molar-refractivity contribution < 1.29 is 39.0 Å². The number of hydrogen-bond acceptors (Lipinski definition) is 8. The molecule has 0 aromatic heterocycles. The SMILES string of the molecule is CC(C=O)c1ccc(O)c2c1C[C@H]1C[C@H]3CC(=O)C(C(N)=O)C(=O)[C@@]3(O)C(=O)C1C2=O. The van der Waals surface area contributed by atoms with Crippen LogP contribution < -0.4 is 5.73 Å². The lowest BCUT2D eigenvalue weighted by molar-refractivity contribution is -0.175. The summed E-state index contributed by atoms with van der Waals surface area (Å²) in [6, 6.07) is 2.82. The zero-order valence-electron chi connectivity index (χ0n) is 16.7. The molecular formula is C22H21NO8. The van der Waals surface area contributed by atoms with E-state index in [0.717, 1.165) is 0 Å². The monoisotopic (exact) mass is 427 g/mol. The van der Waals surface area contributed by atoms with Gasteiger partial charge < -0.3 is 20.7 Å². The Hall–Kier alpha value is -3.20. The Kier molecular flexibility index (Phi) is 4.69. The van der Waals surface area contributed by atoms with Crippen LogP contribution in [-0.2, 0) is 30.4 Å². The molecule has 9 nitrogen and oxygen atoms in total. The van der Waals surface area contributed by atoms with Gasteiger partial charge in [0.05, 0.1) is 11.5 Å². The smallest absolute Gasteiger partial charge is 0.235 e. The Labute approximate surface area is 176 Å². The van der Waals surface area contributed by atoms with Crippen LogP contribution in [0.5, 0.6) is 5.75 Å². The third kappa shape index (κ3) is 2.72. The predicted molar refractivity (Wildman–Crippen MR) is 103 cm³/mol. The second kappa shape index (κ2) is 6.91. The van der Waals surface area contributed by atoms with E-state index in [1.54, 1.807) is 13.0 Å². The van der Waals surface area contributed by atoms with Gasteiger partial charge in [0, 0.05) is 18.3 Å². The van der Waals surface area contributed by atoms with Gasteiger partial charge >= 0.3 is 0 Å². The van der Waals surface area contributed by atoms with Crippen molar-refractivity contribution in [3.8, 4) is 5.75 Å². The summed E-state index contributed by atoms with van der Waals surface area (Å²) < 4.78 is 0. The molecule has 31 heavy (non-hydrogen) atoms. The standard InChI is InChI=1S/C22H21NO8/c1-8(7-24)11-2-3-13(25)16-12(11)5-9-4-10-6-14(26)17(21(23)30)20(29)22(10,31)19(28)15(9)18(16)27/h2-3,7-10,15,17,25,31H,4-6H2,1H3,(H2,23,30)/t8?,9-,10+,15?,17?,22+/m1/s1. The van der Waals surface area contributed by atoms with Gasteiger partial charge in [-0.3, -0.25) is 24.0 Å². The van der Waals surface area contributed by atoms with Crippen LogP contribution in [0.3, 0.4) is 0 Å². The molecule has 1 aromatic carbocycles. The second-order valence-electron chi connectivity index (χ2n) is 8.69. The number of benzene rings is 1. The van der Waals surface area contributed by atoms with Crippen LogP contribution in [0.1, 0.15) is 47.2 Å². The molecule has 4 rings (SSSR count). The molecule has 162 valence electrons. The fourth-order valence-corrected chi connectivity index (χ4v) is 5.49. The van der Waals surface area contributed by atoms with E-state index in [4.69, 9.17) is 5.73 Å². The highest BCUT2D eigenvalue weighted by Crippen LogP contribution is 2.50. The number of carbonyl (C=O) groups is 6. The van der Waals surface area contributed by atoms with Gasteiger partial charge in [-0.2, -0.15) is 0 Å². The van der Waals surface area contributed by atoms with Crippen molar-refractivity contribution in [2.45, 2.75) is 37.7 Å². The highest BCUT2D eigenvalue weighted by atomic mass is 16.3. The molecule has 3 unspecified atom stereocenters. The van der Waals surface area contributed by atoms with Gasteiger partial charge in [0.25, 0.3) is 0 Å². The fourth-order valence-electron chi connectivity index (χ4n) is 5.49. The zero-order chi connectivity index (χ0) is 22.8. The molecule has 0 saturated heterocycles. The lowest BCUT2D eigenvalue weighted by Crippen LogP contribution is -2.68. The molecule has 1 aromatic rings. The summed E-state index contributed by atoms with van der Waals surface area (Å²) in [5.41, 5.74) is 3.38. The van der Waals surface area contributed by atoms with E-state index < -0.39 is 64.2 Å². The number of fused-ring (bicyclic) bond motifs is 3. The van der Waals surface area contributed by atoms with Crippen molar-refractivity contribution in [3.05, 3.63) is 28.8 Å². The summed E-state index contributed by atoms with van der Waals surface area (Å²) in [5.74, 6) is -11.0. The number of aliphatic hydroxyl groups is 1. The number of phenols is 1. The number of phenolic OH excluding ortho intramolecular Hbond substituents is 1. The third-order valence-corrected chi connectivity index (χ3v) is 7.02. The van der Waals surface area contributed by atoms with E-state index in [-0.39, 0.29) is 30.6 Å². The normalized spacial score (nSPS) is 33.2. The molecule has 0 heterocycles. The predicted octanol–water partition coefficient (Wildman–Crippen LogP) is -0.371. The first kappa shape index (κ1) is 21.0. The second-order valence-corrected chi connectivity index (χ2v) is 8.69. The van der Waals surface area contributed by atoms with Gasteiger partial charge in [0.1, 0.15) is 12.0 Å². The summed E-state index contributed by atoms with van der Waals surface area (Å²) in [6.07, 6.45) is 0.499. The van der Waals surface area contributed by atoms with Crippen LogP contribution in [-0.4, -0.2) is 51.1 Å². The fraction of sp³-hybridized carbons (Fsp3) is 0.455. The summed E-state index contributed by atoms with van der Waals surface area (Å²) in [7, 11) is 0. The number of aldehydes is 1. The number of nitrogens with two attached hydrogens (primary N) is 1. The number of Topliss-reactive ketones (excluding diaryl/α,β-unsaturated/α-hetero) is 4. The molecule has 9 heteroatoms. The van der Waals surface area contributed by atoms with Crippen LogP contribution in [0.2, 0.25) is 0 Å². The minimum Gasteiger partial charge on any atom is -0.507 e. The van der Waals surface area contributed by atoms with Crippen molar-refractivity contribution in [2.24, 2.45) is 29.4 Å². The van der Waals surface area contributed by atoms with Crippen molar-refractivity contribution in [3.63, 3.8) is 0 Å². The number of ketones is 4. The van der Waals surface area contributed by atoms with Gasteiger partial charge in [0.2, 0.25) is 5.91 Å². The molecule has 2 fully saturated rings. The number of primary amides is 1. The molecule has 0 bridgehead atoms. The van der Waals surface area contributed by atoms with Crippen molar-refractivity contribution in [1.29, 1.82) is 0 Å². The Bertz CT molecular complexity index is 1080. The number of carbonyl (C=O) groups excluding carboxylic acids is 6. The topological polar surface area (TPSA) is 169 Å². The number of rotatable bonds is 3. The lowest BCUT2D eigenvalue weighted by Gasteiger charge is -2.48. The number of aromatic hydroxyl groups is 1. The van der Waals surface area contributed by atoms with E-state index in [9.17, 15) is 39.0 Å². The quantitative estimate of drug-likeness (QED) is 0.433. The highest BCUT2D eigenvalue weighted by Gasteiger charge is 2.66. The zero-order valence-corrected chi connectivity index (χ0v) is 16.7. The third-order valence-electron chi connectivity index (χ3n) is 7.02. The van der Waals surface area contributed by atoms with Crippen LogP contribution in [0.4, 0.5) is 0 Å². The first-order valence-electron chi connectivity index (χ1n) is 10.0. The first-order valence-corrected chi connectivity index (χ1v) is 10.0. The van der Waals surface area contributed by atoms with Crippen LogP contribution in [0.15, 0.2) is 12.1 Å². The summed E-state index contributed by atoms with van der Waals surface area (Å²) in [5, 5.41) is 21.4. The van der Waals surface area contributed by atoms with E-state index in [0.29, 0.717) is 17.4 Å². The van der Waals surface area contributed by atoms with Gasteiger partial charge in [0.15, 0.2) is 34.7 Å². The van der Waals surface area contributed by atoms with Crippen LogP contribution in [0, 0.1) is 23.7 Å². The molecule has 0 aliphatic heterocycles. The molecular weight excluding hydrogens is 406 g/mol. The maximum atomic E-state index is 13.3. The Morgan fingerprint density at radius 1 is 1.19 bits per heavy atom. The molecule has 3 aliphatic rings. The molecule has 0 radical (unpaired) electrons. The lowest BCUT2D eigenvalue weighted by atomic mass is 9.53. The van der Waals surface area contributed by atoms with E-state index in [1.165, 1.54) is 6.07 Å². The molecule has 2 saturated carbocycles. The summed E-state index contributed by atoms with van der Waals surface area (Å²) in [6.45, 7) is 1.64. The van der Waals surface area contributed by atoms with Gasteiger partial charge in [-0.05, 0) is 36.0 Å². The van der Waals surface area contributed by atoms with E-state index in [2.05, 4.69) is 0 Å². The number of hydrogen-bond donors (Lipinski definition) is 3.